The molecule has 0 amide bonds. The SMILES string of the molecule is CNc1cccc(Nc2cc(OC)c(OC)c(OC)c2)n1. The van der Waals surface area contributed by atoms with Gasteiger partial charge >= 0.3 is 0 Å². The van der Waals surface area contributed by atoms with E-state index in [1.165, 1.54) is 0 Å². The molecule has 0 bridgehead atoms. The van der Waals surface area contributed by atoms with E-state index in [-0.39, 0.29) is 0 Å². The highest BCUT2D eigenvalue weighted by Crippen LogP contribution is 2.40. The van der Waals surface area contributed by atoms with Gasteiger partial charge in [0.05, 0.1) is 21.3 Å². The van der Waals surface area contributed by atoms with Crippen LogP contribution in [0.3, 0.4) is 0 Å². The smallest absolute Gasteiger partial charge is 0.203 e. The van der Waals surface area contributed by atoms with Gasteiger partial charge in [0.15, 0.2) is 11.5 Å². The second kappa shape index (κ2) is 6.69. The van der Waals surface area contributed by atoms with E-state index >= 15 is 0 Å². The third-order valence-electron chi connectivity index (χ3n) is 2.94. The zero-order valence-corrected chi connectivity index (χ0v) is 12.6. The van der Waals surface area contributed by atoms with Gasteiger partial charge in [-0.3, -0.25) is 0 Å². The molecule has 1 aromatic carbocycles. The van der Waals surface area contributed by atoms with Crippen molar-refractivity contribution in [2.24, 2.45) is 0 Å². The van der Waals surface area contributed by atoms with Gasteiger partial charge in [0.1, 0.15) is 11.6 Å². The molecule has 0 saturated heterocycles. The molecule has 0 radical (unpaired) electrons. The van der Waals surface area contributed by atoms with E-state index in [9.17, 15) is 0 Å². The number of anilines is 3. The number of nitrogens with one attached hydrogen (secondary N) is 2. The van der Waals surface area contributed by atoms with Crippen LogP contribution in [0.2, 0.25) is 0 Å². The molecule has 21 heavy (non-hydrogen) atoms. The summed E-state index contributed by atoms with van der Waals surface area (Å²) in [7, 11) is 6.57. The molecule has 2 N–H and O–H groups in total. The summed E-state index contributed by atoms with van der Waals surface area (Å²) in [4.78, 5) is 4.40. The third kappa shape index (κ3) is 3.28. The number of hydrogen-bond acceptors (Lipinski definition) is 6. The van der Waals surface area contributed by atoms with E-state index in [4.69, 9.17) is 14.2 Å². The summed E-state index contributed by atoms with van der Waals surface area (Å²) in [6.07, 6.45) is 0. The van der Waals surface area contributed by atoms with Crippen LogP contribution in [-0.4, -0.2) is 33.4 Å². The molecule has 0 saturated carbocycles. The predicted molar refractivity (Wildman–Crippen MR) is 83.2 cm³/mol. The van der Waals surface area contributed by atoms with Gasteiger partial charge in [-0.1, -0.05) is 6.07 Å². The number of methoxy groups -OCH3 is 3. The van der Waals surface area contributed by atoms with Crippen LogP contribution in [-0.2, 0) is 0 Å². The van der Waals surface area contributed by atoms with Crippen molar-refractivity contribution in [2.45, 2.75) is 0 Å². The maximum Gasteiger partial charge on any atom is 0.203 e. The average Bonchev–Trinajstić information content (AvgIpc) is 2.53. The monoisotopic (exact) mass is 289 g/mol. The van der Waals surface area contributed by atoms with Crippen molar-refractivity contribution >= 4 is 17.3 Å². The molecule has 2 aromatic rings. The highest BCUT2D eigenvalue weighted by atomic mass is 16.5. The zero-order valence-electron chi connectivity index (χ0n) is 12.6. The van der Waals surface area contributed by atoms with E-state index in [1.807, 2.05) is 37.4 Å². The van der Waals surface area contributed by atoms with Gasteiger partial charge in [-0.15, -0.1) is 0 Å². The minimum atomic E-state index is 0.558. The molecule has 6 heteroatoms. The molecular weight excluding hydrogens is 270 g/mol. The Hall–Kier alpha value is -2.63. The quantitative estimate of drug-likeness (QED) is 0.852. The molecule has 1 heterocycles. The molecule has 0 fully saturated rings. The Morgan fingerprint density at radius 3 is 2.05 bits per heavy atom. The number of pyridine rings is 1. The second-order valence-corrected chi connectivity index (χ2v) is 4.20. The summed E-state index contributed by atoms with van der Waals surface area (Å²) < 4.78 is 15.9. The standard InChI is InChI=1S/C15H19N3O3/c1-16-13-6-5-7-14(18-13)17-10-8-11(19-2)15(21-4)12(9-10)20-3/h5-9H,1-4H3,(H2,16,17,18). The van der Waals surface area contributed by atoms with Crippen LogP contribution in [0.5, 0.6) is 17.2 Å². The molecule has 6 nitrogen and oxygen atoms in total. The third-order valence-corrected chi connectivity index (χ3v) is 2.94. The maximum absolute atomic E-state index is 5.32. The van der Waals surface area contributed by atoms with E-state index in [2.05, 4.69) is 15.6 Å². The van der Waals surface area contributed by atoms with Gasteiger partial charge in [0, 0.05) is 24.9 Å². The van der Waals surface area contributed by atoms with Crippen LogP contribution in [0.1, 0.15) is 0 Å². The van der Waals surface area contributed by atoms with Crippen molar-refractivity contribution in [3.63, 3.8) is 0 Å². The van der Waals surface area contributed by atoms with Crippen molar-refractivity contribution in [2.75, 3.05) is 39.0 Å². The summed E-state index contributed by atoms with van der Waals surface area (Å²) in [6, 6.07) is 9.34. The number of nitrogens with zero attached hydrogens (tertiary/aromatic N) is 1. The fraction of sp³-hybridized carbons (Fsp3) is 0.267. The molecule has 0 aliphatic rings. The van der Waals surface area contributed by atoms with Crippen molar-refractivity contribution in [1.82, 2.24) is 4.98 Å². The summed E-state index contributed by atoms with van der Waals surface area (Å²) in [5, 5.41) is 6.21. The molecule has 2 rings (SSSR count). The number of hydrogen-bond donors (Lipinski definition) is 2. The Morgan fingerprint density at radius 2 is 1.52 bits per heavy atom. The predicted octanol–water partition coefficient (Wildman–Crippen LogP) is 2.89. The minimum Gasteiger partial charge on any atom is -0.493 e. The fourth-order valence-electron chi connectivity index (χ4n) is 1.94. The first-order valence-corrected chi connectivity index (χ1v) is 6.43. The molecule has 1 aromatic heterocycles. The van der Waals surface area contributed by atoms with E-state index in [1.54, 1.807) is 21.3 Å². The van der Waals surface area contributed by atoms with Crippen LogP contribution in [0.15, 0.2) is 30.3 Å². The first-order chi connectivity index (χ1) is 10.2. The molecular formula is C15H19N3O3. The molecule has 0 aliphatic carbocycles. The van der Waals surface area contributed by atoms with E-state index in [0.29, 0.717) is 17.2 Å². The largest absolute Gasteiger partial charge is 0.493 e. The highest BCUT2D eigenvalue weighted by molar-refractivity contribution is 5.67. The minimum absolute atomic E-state index is 0.558. The number of benzene rings is 1. The number of ether oxygens (including phenoxy) is 3. The van der Waals surface area contributed by atoms with Crippen LogP contribution >= 0.6 is 0 Å². The van der Waals surface area contributed by atoms with Crippen LogP contribution < -0.4 is 24.8 Å². The van der Waals surface area contributed by atoms with Gasteiger partial charge < -0.3 is 24.8 Å². The molecule has 0 atom stereocenters. The lowest BCUT2D eigenvalue weighted by atomic mass is 10.2. The van der Waals surface area contributed by atoms with Gasteiger partial charge in [-0.05, 0) is 12.1 Å². The number of aromatic nitrogens is 1. The van der Waals surface area contributed by atoms with Crippen molar-refractivity contribution in [3.05, 3.63) is 30.3 Å². The average molecular weight is 289 g/mol. The Labute approximate surface area is 124 Å². The normalized spacial score (nSPS) is 9.90. The topological polar surface area (TPSA) is 64.6 Å². The zero-order chi connectivity index (χ0) is 15.2. The van der Waals surface area contributed by atoms with E-state index in [0.717, 1.165) is 17.3 Å². The lowest BCUT2D eigenvalue weighted by Crippen LogP contribution is -2.00. The Balaban J connectivity index is 2.35. The summed E-state index contributed by atoms with van der Waals surface area (Å²) >= 11 is 0. The van der Waals surface area contributed by atoms with Gasteiger partial charge in [-0.2, -0.15) is 0 Å². The maximum atomic E-state index is 5.32. The molecule has 0 aliphatic heterocycles. The fourth-order valence-corrected chi connectivity index (χ4v) is 1.94. The first kappa shape index (κ1) is 14.8. The lowest BCUT2D eigenvalue weighted by Gasteiger charge is -2.15. The molecule has 112 valence electrons. The van der Waals surface area contributed by atoms with Crippen LogP contribution in [0.25, 0.3) is 0 Å². The number of rotatable bonds is 6. The van der Waals surface area contributed by atoms with Gasteiger partial charge in [0.25, 0.3) is 0 Å². The lowest BCUT2D eigenvalue weighted by molar-refractivity contribution is 0.324. The van der Waals surface area contributed by atoms with E-state index < -0.39 is 0 Å². The molecule has 0 unspecified atom stereocenters. The first-order valence-electron chi connectivity index (χ1n) is 6.43. The Bertz CT molecular complexity index is 592. The van der Waals surface area contributed by atoms with Gasteiger partial charge in [0.2, 0.25) is 5.75 Å². The molecule has 0 spiro atoms. The highest BCUT2D eigenvalue weighted by Gasteiger charge is 2.13. The summed E-state index contributed by atoms with van der Waals surface area (Å²) in [5.41, 5.74) is 0.797. The summed E-state index contributed by atoms with van der Waals surface area (Å²) in [5.74, 6) is 3.24. The Morgan fingerprint density at radius 1 is 0.905 bits per heavy atom. The van der Waals surface area contributed by atoms with Crippen LogP contribution in [0, 0.1) is 0 Å². The second-order valence-electron chi connectivity index (χ2n) is 4.20. The summed E-state index contributed by atoms with van der Waals surface area (Å²) in [6.45, 7) is 0. The van der Waals surface area contributed by atoms with Crippen molar-refractivity contribution in [1.29, 1.82) is 0 Å². The van der Waals surface area contributed by atoms with Crippen LogP contribution in [0.4, 0.5) is 17.3 Å². The Kier molecular flexibility index (Phi) is 4.71. The van der Waals surface area contributed by atoms with Gasteiger partial charge in [-0.25, -0.2) is 4.98 Å². The van der Waals surface area contributed by atoms with Crippen molar-refractivity contribution in [3.8, 4) is 17.2 Å². The van der Waals surface area contributed by atoms with Crippen molar-refractivity contribution < 1.29 is 14.2 Å².